The van der Waals surface area contributed by atoms with E-state index in [9.17, 15) is 19.2 Å². The lowest BCUT2D eigenvalue weighted by molar-refractivity contribution is -0.157. The van der Waals surface area contributed by atoms with Crippen molar-refractivity contribution in [3.8, 4) is 0 Å². The summed E-state index contributed by atoms with van der Waals surface area (Å²) in [5.74, 6) is -0.427. The summed E-state index contributed by atoms with van der Waals surface area (Å²) in [6.07, 6.45) is 12.8. The molecule has 2 aliphatic rings. The smallest absolute Gasteiger partial charge is 0.312 e. The standard InChI is InChI=1S/C17H29NO3.C9H13NO3/c1-3-5-6-7-8-9-10-11-12-21-17(20)15-13-18(14-15)16(19)4-2;1-3-8(11)10-5-7(6-10)4-9(12)13-2/h4,15H,2-3,5-14H2,1H3;3,7H,1,4-6H2,2H3. The molecule has 8 nitrogen and oxygen atoms in total. The third kappa shape index (κ3) is 11.0. The second kappa shape index (κ2) is 16.9. The zero-order valence-corrected chi connectivity index (χ0v) is 21.0. The molecule has 2 saturated heterocycles. The van der Waals surface area contributed by atoms with Gasteiger partial charge >= 0.3 is 11.9 Å². The normalized spacial score (nSPS) is 15.2. The number of likely N-dealkylation sites (tertiary alicyclic amines) is 2. The zero-order valence-electron chi connectivity index (χ0n) is 21.0. The van der Waals surface area contributed by atoms with Crippen molar-refractivity contribution in [2.45, 2.75) is 64.7 Å². The number of carbonyl (C=O) groups is 4. The minimum absolute atomic E-state index is 0.0684. The van der Waals surface area contributed by atoms with Crippen molar-refractivity contribution in [1.82, 2.24) is 9.80 Å². The maximum absolute atomic E-state index is 11.7. The second-order valence-electron chi connectivity index (χ2n) is 8.88. The molecule has 0 N–H and O–H groups in total. The Morgan fingerprint density at radius 2 is 1.32 bits per heavy atom. The molecule has 0 bridgehead atoms. The Bertz CT molecular complexity index is 681. The van der Waals surface area contributed by atoms with Crippen molar-refractivity contribution < 1.29 is 28.7 Å². The van der Waals surface area contributed by atoms with Gasteiger partial charge in [-0.2, -0.15) is 0 Å². The molecule has 0 aromatic rings. The fourth-order valence-electron chi connectivity index (χ4n) is 3.79. The van der Waals surface area contributed by atoms with Crippen LogP contribution in [0.2, 0.25) is 0 Å². The second-order valence-corrected chi connectivity index (χ2v) is 8.88. The van der Waals surface area contributed by atoms with Crippen LogP contribution in [0.1, 0.15) is 64.7 Å². The third-order valence-corrected chi connectivity index (χ3v) is 6.07. The summed E-state index contributed by atoms with van der Waals surface area (Å²) < 4.78 is 9.77. The van der Waals surface area contributed by atoms with Gasteiger partial charge < -0.3 is 19.3 Å². The monoisotopic (exact) mass is 478 g/mol. The zero-order chi connectivity index (χ0) is 25.3. The Labute approximate surface area is 204 Å². The number of unbranched alkanes of at least 4 members (excludes halogenated alkanes) is 7. The number of ether oxygens (including phenoxy) is 2. The molecule has 0 radical (unpaired) electrons. The number of methoxy groups -OCH3 is 1. The van der Waals surface area contributed by atoms with Gasteiger partial charge in [0, 0.05) is 32.1 Å². The molecular formula is C26H42N2O6. The van der Waals surface area contributed by atoms with E-state index >= 15 is 0 Å². The summed E-state index contributed by atoms with van der Waals surface area (Å²) in [5, 5.41) is 0. The van der Waals surface area contributed by atoms with Crippen molar-refractivity contribution in [1.29, 1.82) is 0 Å². The number of hydrogen-bond acceptors (Lipinski definition) is 6. The van der Waals surface area contributed by atoms with E-state index in [-0.39, 0.29) is 35.6 Å². The van der Waals surface area contributed by atoms with E-state index in [2.05, 4.69) is 24.8 Å². The molecule has 0 saturated carbocycles. The quantitative estimate of drug-likeness (QED) is 0.215. The van der Waals surface area contributed by atoms with Gasteiger partial charge in [-0.1, -0.05) is 65.0 Å². The fourth-order valence-corrected chi connectivity index (χ4v) is 3.79. The van der Waals surface area contributed by atoms with Gasteiger partial charge in [-0.25, -0.2) is 0 Å². The highest BCUT2D eigenvalue weighted by Gasteiger charge is 2.35. The Hall–Kier alpha value is -2.64. The van der Waals surface area contributed by atoms with Gasteiger partial charge in [0.25, 0.3) is 0 Å². The van der Waals surface area contributed by atoms with Crippen molar-refractivity contribution in [2.24, 2.45) is 11.8 Å². The van der Waals surface area contributed by atoms with Gasteiger partial charge in [0.15, 0.2) is 0 Å². The summed E-state index contributed by atoms with van der Waals surface area (Å²) >= 11 is 0. The lowest BCUT2D eigenvalue weighted by Gasteiger charge is -2.38. The first-order valence-corrected chi connectivity index (χ1v) is 12.4. The first kappa shape index (κ1) is 29.4. The van der Waals surface area contributed by atoms with E-state index in [0.29, 0.717) is 39.2 Å². The van der Waals surface area contributed by atoms with Crippen LogP contribution in [0.25, 0.3) is 0 Å². The van der Waals surface area contributed by atoms with Crippen LogP contribution < -0.4 is 0 Å². The van der Waals surface area contributed by atoms with Gasteiger partial charge in [0.2, 0.25) is 11.8 Å². The minimum Gasteiger partial charge on any atom is -0.469 e. The van der Waals surface area contributed by atoms with Gasteiger partial charge in [-0.05, 0) is 18.6 Å². The Balaban J connectivity index is 0.000000380. The molecule has 2 fully saturated rings. The SMILES string of the molecule is C=CC(=O)N1CC(C(=O)OCCCCCCCCCC)C1.C=CC(=O)N1CC(CC(=O)OC)C1. The van der Waals surface area contributed by atoms with Crippen LogP contribution in [0.15, 0.2) is 25.3 Å². The molecule has 0 aliphatic carbocycles. The highest BCUT2D eigenvalue weighted by Crippen LogP contribution is 2.19. The average Bonchev–Trinajstić information content (AvgIpc) is 2.78. The van der Waals surface area contributed by atoms with Gasteiger partial charge in [0.1, 0.15) is 0 Å². The Morgan fingerprint density at radius 3 is 1.82 bits per heavy atom. The maximum Gasteiger partial charge on any atom is 0.312 e. The molecule has 0 spiro atoms. The largest absolute Gasteiger partial charge is 0.469 e. The molecule has 0 aromatic carbocycles. The van der Waals surface area contributed by atoms with Crippen molar-refractivity contribution in [2.75, 3.05) is 39.9 Å². The fraction of sp³-hybridized carbons (Fsp3) is 0.692. The number of nitrogens with zero attached hydrogens (tertiary/aromatic N) is 2. The lowest BCUT2D eigenvalue weighted by atomic mass is 9.96. The van der Waals surface area contributed by atoms with Crippen molar-refractivity contribution in [3.05, 3.63) is 25.3 Å². The van der Waals surface area contributed by atoms with Gasteiger partial charge in [0.05, 0.1) is 26.1 Å². The minimum atomic E-state index is -0.212. The molecule has 8 heteroatoms. The van der Waals surface area contributed by atoms with Crippen LogP contribution >= 0.6 is 0 Å². The van der Waals surface area contributed by atoms with Crippen LogP contribution in [-0.4, -0.2) is 73.4 Å². The molecular weight excluding hydrogens is 436 g/mol. The first-order valence-electron chi connectivity index (χ1n) is 12.4. The molecule has 0 aromatic heterocycles. The molecule has 2 aliphatic heterocycles. The van der Waals surface area contributed by atoms with Crippen LogP contribution in [0.5, 0.6) is 0 Å². The van der Waals surface area contributed by atoms with E-state index < -0.39 is 0 Å². The highest BCUT2D eigenvalue weighted by molar-refractivity contribution is 5.89. The first-order chi connectivity index (χ1) is 16.4. The van der Waals surface area contributed by atoms with Gasteiger partial charge in [-0.15, -0.1) is 0 Å². The summed E-state index contributed by atoms with van der Waals surface area (Å²) in [6.45, 7) is 11.8. The number of hydrogen-bond donors (Lipinski definition) is 0. The summed E-state index contributed by atoms with van der Waals surface area (Å²) in [6, 6.07) is 0. The van der Waals surface area contributed by atoms with Crippen LogP contribution in [0.3, 0.4) is 0 Å². The van der Waals surface area contributed by atoms with E-state index in [1.165, 1.54) is 57.8 Å². The number of carbonyl (C=O) groups excluding carboxylic acids is 4. The molecule has 0 unspecified atom stereocenters. The summed E-state index contributed by atoms with van der Waals surface area (Å²) in [7, 11) is 1.37. The van der Waals surface area contributed by atoms with Crippen molar-refractivity contribution >= 4 is 23.8 Å². The topological polar surface area (TPSA) is 93.2 Å². The number of rotatable bonds is 14. The Morgan fingerprint density at radius 1 is 0.824 bits per heavy atom. The molecule has 2 heterocycles. The van der Waals surface area contributed by atoms with Crippen LogP contribution in [0.4, 0.5) is 0 Å². The average molecular weight is 479 g/mol. The van der Waals surface area contributed by atoms with Crippen LogP contribution in [0, 0.1) is 11.8 Å². The van der Waals surface area contributed by atoms with Gasteiger partial charge in [-0.3, -0.25) is 19.2 Å². The molecule has 34 heavy (non-hydrogen) atoms. The number of esters is 2. The summed E-state index contributed by atoms with van der Waals surface area (Å²) in [4.78, 5) is 48.0. The lowest BCUT2D eigenvalue weighted by Crippen LogP contribution is -2.53. The van der Waals surface area contributed by atoms with Crippen molar-refractivity contribution in [3.63, 3.8) is 0 Å². The highest BCUT2D eigenvalue weighted by atomic mass is 16.5. The summed E-state index contributed by atoms with van der Waals surface area (Å²) in [5.41, 5.74) is 0. The molecule has 0 atom stereocenters. The third-order valence-electron chi connectivity index (χ3n) is 6.07. The molecule has 2 rings (SSSR count). The predicted molar refractivity (Wildman–Crippen MR) is 131 cm³/mol. The van der Waals surface area contributed by atoms with Crippen LogP contribution in [-0.2, 0) is 28.7 Å². The molecule has 192 valence electrons. The molecule has 2 amide bonds. The number of amides is 2. The van der Waals surface area contributed by atoms with E-state index in [4.69, 9.17) is 4.74 Å². The predicted octanol–water partition coefficient (Wildman–Crippen LogP) is 3.51. The van der Waals surface area contributed by atoms with E-state index in [1.807, 2.05) is 0 Å². The maximum atomic E-state index is 11.7. The van der Waals surface area contributed by atoms with E-state index in [0.717, 1.165) is 12.8 Å². The Kier molecular flexibility index (Phi) is 14.6. The van der Waals surface area contributed by atoms with E-state index in [1.54, 1.807) is 9.80 Å².